The second-order valence-electron chi connectivity index (χ2n) is 4.73. The van der Waals surface area contributed by atoms with Gasteiger partial charge in [-0.25, -0.2) is 0 Å². The van der Waals surface area contributed by atoms with Crippen LogP contribution in [0.4, 0.5) is 0 Å². The molecule has 4 aliphatic carbocycles. The lowest BCUT2D eigenvalue weighted by molar-refractivity contribution is -0.149. The predicted octanol–water partition coefficient (Wildman–Crippen LogP) is 0.555. The first-order chi connectivity index (χ1) is 6.74. The van der Waals surface area contributed by atoms with E-state index in [-0.39, 0.29) is 17.9 Å². The molecule has 0 aliphatic heterocycles. The zero-order valence-corrected chi connectivity index (χ0v) is 8.22. The van der Waals surface area contributed by atoms with Crippen molar-refractivity contribution in [3.63, 3.8) is 0 Å². The summed E-state index contributed by atoms with van der Waals surface area (Å²) in [4.78, 5) is 11.6. The van der Waals surface area contributed by atoms with Crippen LogP contribution in [0.3, 0.4) is 0 Å². The quantitative estimate of drug-likeness (QED) is 0.489. The highest BCUT2D eigenvalue weighted by Gasteiger charge is 2.60. The minimum Gasteiger partial charge on any atom is -0.469 e. The van der Waals surface area contributed by atoms with Gasteiger partial charge in [-0.05, 0) is 30.1 Å². The van der Waals surface area contributed by atoms with Gasteiger partial charge in [-0.2, -0.15) is 0 Å². The van der Waals surface area contributed by atoms with Gasteiger partial charge in [0.2, 0.25) is 0 Å². The maximum Gasteiger partial charge on any atom is 0.310 e. The number of allylic oxidation sites excluding steroid dienone is 1. The molecule has 0 aromatic heterocycles. The van der Waals surface area contributed by atoms with Crippen LogP contribution < -0.4 is 5.73 Å². The Bertz CT molecular complexity index is 312. The molecule has 14 heavy (non-hydrogen) atoms. The molecule has 0 aromatic carbocycles. The molecular formula is C11H15NO2. The summed E-state index contributed by atoms with van der Waals surface area (Å²) in [6.45, 7) is 0. The fourth-order valence-electron chi connectivity index (χ4n) is 3.41. The van der Waals surface area contributed by atoms with E-state index < -0.39 is 0 Å². The van der Waals surface area contributed by atoms with E-state index in [1.807, 2.05) is 0 Å². The van der Waals surface area contributed by atoms with Crippen LogP contribution in [0.15, 0.2) is 12.2 Å². The smallest absolute Gasteiger partial charge is 0.310 e. The third-order valence-corrected chi connectivity index (χ3v) is 4.18. The standard InChI is InChI=1S/C11H15NO2/c1-14-11(13)9-5-2-3-6(10(9)12)8-4-7(5)8/h2-3,5-10H,4,12H2,1H3/t5-,6+,7+,8-,9-,10+/m0/s1. The maximum absolute atomic E-state index is 11.6. The number of carbonyl (C=O) groups is 1. The van der Waals surface area contributed by atoms with E-state index in [1.54, 1.807) is 0 Å². The number of nitrogens with two attached hydrogens (primary N) is 1. The van der Waals surface area contributed by atoms with E-state index >= 15 is 0 Å². The van der Waals surface area contributed by atoms with Gasteiger partial charge in [0.1, 0.15) is 0 Å². The summed E-state index contributed by atoms with van der Waals surface area (Å²) in [5.74, 6) is 2.05. The van der Waals surface area contributed by atoms with Gasteiger partial charge >= 0.3 is 5.97 Å². The van der Waals surface area contributed by atoms with Gasteiger partial charge in [-0.1, -0.05) is 12.2 Å². The average molecular weight is 193 g/mol. The van der Waals surface area contributed by atoms with Gasteiger partial charge in [-0.3, -0.25) is 4.79 Å². The Kier molecular flexibility index (Phi) is 1.57. The number of ether oxygens (including phenoxy) is 1. The molecule has 0 amide bonds. The van der Waals surface area contributed by atoms with Crippen molar-refractivity contribution in [1.82, 2.24) is 0 Å². The van der Waals surface area contributed by atoms with Crippen LogP contribution in [0.2, 0.25) is 0 Å². The fraction of sp³-hybridized carbons (Fsp3) is 0.727. The highest BCUT2D eigenvalue weighted by atomic mass is 16.5. The summed E-state index contributed by atoms with van der Waals surface area (Å²) >= 11 is 0. The van der Waals surface area contributed by atoms with E-state index in [2.05, 4.69) is 12.2 Å². The topological polar surface area (TPSA) is 52.3 Å². The van der Waals surface area contributed by atoms with Gasteiger partial charge in [0.25, 0.3) is 0 Å². The lowest BCUT2D eigenvalue weighted by Gasteiger charge is -2.41. The molecule has 6 atom stereocenters. The Morgan fingerprint density at radius 2 is 2.00 bits per heavy atom. The van der Waals surface area contributed by atoms with E-state index in [1.165, 1.54) is 13.5 Å². The molecule has 0 radical (unpaired) electrons. The van der Waals surface area contributed by atoms with Gasteiger partial charge < -0.3 is 10.5 Å². The lowest BCUT2D eigenvalue weighted by Crippen LogP contribution is -2.51. The van der Waals surface area contributed by atoms with Crippen molar-refractivity contribution in [2.24, 2.45) is 35.3 Å². The van der Waals surface area contributed by atoms with E-state index in [0.29, 0.717) is 17.8 Å². The van der Waals surface area contributed by atoms with Gasteiger partial charge in [-0.15, -0.1) is 0 Å². The van der Waals surface area contributed by atoms with Crippen LogP contribution in [0.5, 0.6) is 0 Å². The van der Waals surface area contributed by atoms with E-state index in [0.717, 1.165) is 5.92 Å². The summed E-state index contributed by atoms with van der Waals surface area (Å²) in [5.41, 5.74) is 6.11. The largest absolute Gasteiger partial charge is 0.469 e. The molecule has 0 aromatic rings. The molecule has 76 valence electrons. The molecule has 4 aliphatic rings. The van der Waals surface area contributed by atoms with Crippen molar-refractivity contribution in [3.8, 4) is 0 Å². The van der Waals surface area contributed by atoms with Crippen molar-refractivity contribution in [2.45, 2.75) is 12.5 Å². The normalized spacial score (nSPS) is 52.7. The third-order valence-electron chi connectivity index (χ3n) is 4.18. The third kappa shape index (κ3) is 0.883. The van der Waals surface area contributed by atoms with E-state index in [4.69, 9.17) is 10.5 Å². The Morgan fingerprint density at radius 3 is 2.71 bits per heavy atom. The van der Waals surface area contributed by atoms with Crippen LogP contribution in [0.25, 0.3) is 0 Å². The summed E-state index contributed by atoms with van der Waals surface area (Å²) in [6.07, 6.45) is 5.65. The number of fused-ring (bicyclic) bond motifs is 1. The van der Waals surface area contributed by atoms with Crippen LogP contribution >= 0.6 is 0 Å². The van der Waals surface area contributed by atoms with Crippen LogP contribution in [0, 0.1) is 29.6 Å². The Morgan fingerprint density at radius 1 is 1.36 bits per heavy atom. The number of hydrogen-bond acceptors (Lipinski definition) is 3. The molecule has 2 saturated carbocycles. The van der Waals surface area contributed by atoms with Gasteiger partial charge in [0, 0.05) is 6.04 Å². The second kappa shape index (κ2) is 2.60. The zero-order valence-electron chi connectivity index (χ0n) is 8.22. The molecule has 0 spiro atoms. The number of methoxy groups -OCH3 is 1. The summed E-state index contributed by atoms with van der Waals surface area (Å²) < 4.78 is 4.83. The first-order valence-electron chi connectivity index (χ1n) is 5.26. The Hall–Kier alpha value is -0.830. The zero-order chi connectivity index (χ0) is 9.87. The van der Waals surface area contributed by atoms with Crippen molar-refractivity contribution < 1.29 is 9.53 Å². The number of hydrogen-bond donors (Lipinski definition) is 1. The van der Waals surface area contributed by atoms with E-state index in [9.17, 15) is 4.79 Å². The maximum atomic E-state index is 11.6. The second-order valence-corrected chi connectivity index (χ2v) is 4.73. The molecule has 2 N–H and O–H groups in total. The lowest BCUT2D eigenvalue weighted by atomic mass is 9.66. The van der Waals surface area contributed by atoms with Crippen molar-refractivity contribution in [2.75, 3.05) is 7.11 Å². The first-order valence-corrected chi connectivity index (χ1v) is 5.26. The van der Waals surface area contributed by atoms with Crippen LogP contribution in [-0.2, 0) is 9.53 Å². The molecule has 3 heteroatoms. The SMILES string of the molecule is COC(=O)[C@@H]1[C@H](N)[C@@H]2C=C[C@H]1[C@H]1C[C@@H]21. The summed E-state index contributed by atoms with van der Waals surface area (Å²) in [7, 11) is 1.45. The highest BCUT2D eigenvalue weighted by molar-refractivity contribution is 5.75. The summed E-state index contributed by atoms with van der Waals surface area (Å²) in [5, 5.41) is 0. The summed E-state index contributed by atoms with van der Waals surface area (Å²) in [6, 6.07) is -0.0128. The monoisotopic (exact) mass is 193 g/mol. The predicted molar refractivity (Wildman–Crippen MR) is 51.2 cm³/mol. The molecule has 4 rings (SSSR count). The average Bonchev–Trinajstić information content (AvgIpc) is 2.97. The molecular weight excluding hydrogens is 178 g/mol. The molecule has 0 saturated heterocycles. The van der Waals surface area contributed by atoms with Crippen LogP contribution in [-0.4, -0.2) is 19.1 Å². The Balaban J connectivity index is 1.93. The molecule has 0 unspecified atom stereocenters. The first kappa shape index (κ1) is 8.48. The fourth-order valence-corrected chi connectivity index (χ4v) is 3.41. The van der Waals surface area contributed by atoms with Crippen molar-refractivity contribution >= 4 is 5.97 Å². The highest BCUT2D eigenvalue weighted by Crippen LogP contribution is 2.61. The van der Waals surface area contributed by atoms with Gasteiger partial charge in [0.05, 0.1) is 13.0 Å². The molecule has 2 fully saturated rings. The van der Waals surface area contributed by atoms with Gasteiger partial charge in [0.15, 0.2) is 0 Å². The van der Waals surface area contributed by atoms with Crippen molar-refractivity contribution in [1.29, 1.82) is 0 Å². The number of carbonyl (C=O) groups excluding carboxylic acids is 1. The minimum absolute atomic E-state index is 0.0128. The van der Waals surface area contributed by atoms with Crippen LogP contribution in [0.1, 0.15) is 6.42 Å². The molecule has 3 nitrogen and oxygen atoms in total. The number of esters is 1. The molecule has 2 bridgehead atoms. The Labute approximate surface area is 83.3 Å². The number of rotatable bonds is 1. The molecule has 0 heterocycles. The minimum atomic E-state index is -0.123. The van der Waals surface area contributed by atoms with Crippen molar-refractivity contribution in [3.05, 3.63) is 12.2 Å².